The van der Waals surface area contributed by atoms with Crippen molar-refractivity contribution in [1.29, 1.82) is 0 Å². The fraction of sp³-hybridized carbons (Fsp3) is 0.500. The van der Waals surface area contributed by atoms with Gasteiger partial charge in [-0.25, -0.2) is 0 Å². The number of hydrogen-bond acceptors (Lipinski definition) is 2. The SMILES string of the molecule is Cl.O=C(NC1CC2CCC(C1)N2)c1ccc(Cl)c(Br)c1. The van der Waals surface area contributed by atoms with Gasteiger partial charge in [-0.05, 0) is 59.8 Å². The third-order valence-electron chi connectivity index (χ3n) is 3.99. The minimum atomic E-state index is -0.0105. The van der Waals surface area contributed by atoms with Crippen LogP contribution in [0.25, 0.3) is 0 Å². The van der Waals surface area contributed by atoms with E-state index in [1.54, 1.807) is 18.2 Å². The van der Waals surface area contributed by atoms with Crippen LogP contribution >= 0.6 is 39.9 Å². The zero-order valence-electron chi connectivity index (χ0n) is 10.9. The Morgan fingerprint density at radius 2 is 1.95 bits per heavy atom. The van der Waals surface area contributed by atoms with Crippen molar-refractivity contribution in [1.82, 2.24) is 10.6 Å². The van der Waals surface area contributed by atoms with E-state index in [0.29, 0.717) is 28.7 Å². The molecule has 0 radical (unpaired) electrons. The number of rotatable bonds is 2. The van der Waals surface area contributed by atoms with Crippen LogP contribution in [0.15, 0.2) is 22.7 Å². The van der Waals surface area contributed by atoms with E-state index >= 15 is 0 Å². The second kappa shape index (κ2) is 6.65. The Labute approximate surface area is 138 Å². The molecule has 2 bridgehead atoms. The molecule has 2 atom stereocenters. The Hall–Kier alpha value is -0.290. The lowest BCUT2D eigenvalue weighted by Crippen LogP contribution is -2.48. The smallest absolute Gasteiger partial charge is 0.251 e. The molecule has 1 aromatic rings. The first-order chi connectivity index (χ1) is 9.11. The number of hydrogen-bond donors (Lipinski definition) is 2. The average Bonchev–Trinajstić information content (AvgIpc) is 2.72. The topological polar surface area (TPSA) is 41.1 Å². The Bertz CT molecular complexity index is 500. The lowest BCUT2D eigenvalue weighted by molar-refractivity contribution is 0.0924. The summed E-state index contributed by atoms with van der Waals surface area (Å²) in [7, 11) is 0. The van der Waals surface area contributed by atoms with Gasteiger partial charge in [0.2, 0.25) is 0 Å². The summed E-state index contributed by atoms with van der Waals surface area (Å²) in [4.78, 5) is 12.2. The zero-order chi connectivity index (χ0) is 13.4. The largest absolute Gasteiger partial charge is 0.349 e. The molecular formula is C14H17BrCl2N2O. The molecule has 2 unspecified atom stereocenters. The van der Waals surface area contributed by atoms with Gasteiger partial charge in [0.1, 0.15) is 0 Å². The van der Waals surface area contributed by atoms with Gasteiger partial charge in [0, 0.05) is 28.2 Å². The van der Waals surface area contributed by atoms with Crippen molar-refractivity contribution in [3.05, 3.63) is 33.3 Å². The standard InChI is InChI=1S/C14H16BrClN2O.ClH/c15-12-5-8(1-4-13(12)16)14(19)18-11-6-9-2-3-10(7-11)17-9;/h1,4-5,9-11,17H,2-3,6-7H2,(H,18,19);1H. The molecule has 0 aliphatic carbocycles. The fourth-order valence-electron chi connectivity index (χ4n) is 3.08. The Balaban J connectivity index is 0.00000147. The van der Waals surface area contributed by atoms with Crippen LogP contribution in [0.5, 0.6) is 0 Å². The summed E-state index contributed by atoms with van der Waals surface area (Å²) >= 11 is 9.28. The number of fused-ring (bicyclic) bond motifs is 2. The molecule has 20 heavy (non-hydrogen) atoms. The van der Waals surface area contributed by atoms with Crippen molar-refractivity contribution < 1.29 is 4.79 Å². The molecule has 2 aliphatic heterocycles. The number of amides is 1. The van der Waals surface area contributed by atoms with E-state index in [4.69, 9.17) is 11.6 Å². The first-order valence-electron chi connectivity index (χ1n) is 6.64. The summed E-state index contributed by atoms with van der Waals surface area (Å²) in [6.45, 7) is 0. The number of carbonyl (C=O) groups is 1. The quantitative estimate of drug-likeness (QED) is 0.825. The second-order valence-electron chi connectivity index (χ2n) is 5.41. The van der Waals surface area contributed by atoms with Gasteiger partial charge < -0.3 is 10.6 Å². The van der Waals surface area contributed by atoms with Crippen LogP contribution in [0.4, 0.5) is 0 Å². The van der Waals surface area contributed by atoms with E-state index < -0.39 is 0 Å². The van der Waals surface area contributed by atoms with Gasteiger partial charge in [0.25, 0.3) is 5.91 Å². The van der Waals surface area contributed by atoms with Crippen molar-refractivity contribution in [3.63, 3.8) is 0 Å². The summed E-state index contributed by atoms with van der Waals surface area (Å²) in [5, 5.41) is 7.34. The second-order valence-corrected chi connectivity index (χ2v) is 6.67. The number of piperidine rings is 1. The maximum Gasteiger partial charge on any atom is 0.251 e. The van der Waals surface area contributed by atoms with Crippen LogP contribution in [0.3, 0.4) is 0 Å². The van der Waals surface area contributed by atoms with E-state index in [0.717, 1.165) is 17.3 Å². The zero-order valence-corrected chi connectivity index (χ0v) is 14.0. The molecule has 2 N–H and O–H groups in total. The number of benzene rings is 1. The Kier molecular flexibility index (Phi) is 5.35. The van der Waals surface area contributed by atoms with Crippen LogP contribution < -0.4 is 10.6 Å². The van der Waals surface area contributed by atoms with Crippen molar-refractivity contribution >= 4 is 45.8 Å². The molecule has 3 rings (SSSR count). The van der Waals surface area contributed by atoms with Crippen LogP contribution in [0.1, 0.15) is 36.0 Å². The van der Waals surface area contributed by atoms with E-state index in [1.165, 1.54) is 12.8 Å². The van der Waals surface area contributed by atoms with Crippen molar-refractivity contribution in [2.75, 3.05) is 0 Å². The van der Waals surface area contributed by atoms with Crippen LogP contribution in [-0.2, 0) is 0 Å². The number of carbonyl (C=O) groups excluding carboxylic acids is 1. The van der Waals surface area contributed by atoms with Crippen molar-refractivity contribution in [3.8, 4) is 0 Å². The fourth-order valence-corrected chi connectivity index (χ4v) is 3.58. The van der Waals surface area contributed by atoms with Gasteiger partial charge in [-0.2, -0.15) is 0 Å². The van der Waals surface area contributed by atoms with Gasteiger partial charge in [0.05, 0.1) is 5.02 Å². The predicted molar refractivity (Wildman–Crippen MR) is 86.8 cm³/mol. The highest BCUT2D eigenvalue weighted by Gasteiger charge is 2.34. The number of nitrogens with one attached hydrogen (secondary N) is 2. The predicted octanol–water partition coefficient (Wildman–Crippen LogP) is 3.54. The van der Waals surface area contributed by atoms with Gasteiger partial charge in [-0.1, -0.05) is 11.6 Å². The van der Waals surface area contributed by atoms with Crippen molar-refractivity contribution in [2.45, 2.75) is 43.8 Å². The molecule has 3 nitrogen and oxygen atoms in total. The molecule has 1 amide bonds. The third-order valence-corrected chi connectivity index (χ3v) is 5.20. The van der Waals surface area contributed by atoms with E-state index in [2.05, 4.69) is 26.6 Å². The van der Waals surface area contributed by atoms with Crippen LogP contribution in [-0.4, -0.2) is 24.0 Å². The number of halogens is 3. The molecule has 0 spiro atoms. The molecular weight excluding hydrogens is 363 g/mol. The molecule has 2 aliphatic rings. The van der Waals surface area contributed by atoms with Gasteiger partial charge in [-0.3, -0.25) is 4.79 Å². The summed E-state index contributed by atoms with van der Waals surface area (Å²) in [6.07, 6.45) is 4.56. The van der Waals surface area contributed by atoms with Crippen LogP contribution in [0.2, 0.25) is 5.02 Å². The monoisotopic (exact) mass is 378 g/mol. The highest BCUT2D eigenvalue weighted by molar-refractivity contribution is 9.10. The Morgan fingerprint density at radius 3 is 2.55 bits per heavy atom. The minimum absolute atomic E-state index is 0. The third kappa shape index (κ3) is 3.48. The summed E-state index contributed by atoms with van der Waals surface area (Å²) < 4.78 is 0.757. The molecule has 6 heteroatoms. The van der Waals surface area contributed by atoms with E-state index in [1.807, 2.05) is 0 Å². The summed E-state index contributed by atoms with van der Waals surface area (Å²) in [5.74, 6) is -0.0105. The first-order valence-corrected chi connectivity index (χ1v) is 7.81. The highest BCUT2D eigenvalue weighted by atomic mass is 79.9. The van der Waals surface area contributed by atoms with Crippen molar-refractivity contribution in [2.24, 2.45) is 0 Å². The summed E-state index contributed by atoms with van der Waals surface area (Å²) in [6, 6.07) is 6.74. The molecule has 1 aromatic carbocycles. The maximum absolute atomic E-state index is 12.2. The highest BCUT2D eigenvalue weighted by Crippen LogP contribution is 2.27. The average molecular weight is 380 g/mol. The lowest BCUT2D eigenvalue weighted by Gasteiger charge is -2.29. The van der Waals surface area contributed by atoms with Gasteiger partial charge in [-0.15, -0.1) is 12.4 Å². The van der Waals surface area contributed by atoms with Crippen LogP contribution in [0, 0.1) is 0 Å². The molecule has 0 aromatic heterocycles. The molecule has 2 heterocycles. The molecule has 110 valence electrons. The molecule has 2 fully saturated rings. The van der Waals surface area contributed by atoms with E-state index in [9.17, 15) is 4.79 Å². The first kappa shape index (κ1) is 16.1. The Morgan fingerprint density at radius 1 is 1.30 bits per heavy atom. The molecule has 0 saturated carbocycles. The van der Waals surface area contributed by atoms with Gasteiger partial charge >= 0.3 is 0 Å². The lowest BCUT2D eigenvalue weighted by atomic mass is 9.99. The molecule has 2 saturated heterocycles. The van der Waals surface area contributed by atoms with E-state index in [-0.39, 0.29) is 18.3 Å². The minimum Gasteiger partial charge on any atom is -0.349 e. The maximum atomic E-state index is 12.2. The van der Waals surface area contributed by atoms with Gasteiger partial charge in [0.15, 0.2) is 0 Å². The summed E-state index contributed by atoms with van der Waals surface area (Å²) in [5.41, 5.74) is 0.655. The normalized spacial score (nSPS) is 27.8.